The molecule has 4 atom stereocenters. The third-order valence-electron chi connectivity index (χ3n) is 5.67. The molecule has 3 amide bonds. The molecule has 8 N–H and O–H groups in total. The summed E-state index contributed by atoms with van der Waals surface area (Å²) in [5.41, 5.74) is 7.77. The number of imidazole rings is 1. The van der Waals surface area contributed by atoms with Gasteiger partial charge in [-0.2, -0.15) is 25.3 Å². The van der Waals surface area contributed by atoms with Crippen molar-refractivity contribution >= 4 is 59.9 Å². The van der Waals surface area contributed by atoms with Gasteiger partial charge in [-0.1, -0.05) is 18.2 Å². The van der Waals surface area contributed by atoms with Gasteiger partial charge in [0.15, 0.2) is 0 Å². The highest BCUT2D eigenvalue weighted by Crippen LogP contribution is 2.19. The number of nitrogens with two attached hydrogens (primary N) is 1. The van der Waals surface area contributed by atoms with Crippen LogP contribution < -0.4 is 21.7 Å². The molecule has 2 aromatic heterocycles. The van der Waals surface area contributed by atoms with E-state index in [1.165, 1.54) is 12.5 Å². The number of hydrogen-bond acceptors (Lipinski definition) is 8. The summed E-state index contributed by atoms with van der Waals surface area (Å²) in [6.45, 7) is 0. The van der Waals surface area contributed by atoms with Gasteiger partial charge in [0.1, 0.15) is 18.1 Å². The molecule has 0 saturated heterocycles. The third-order valence-corrected chi connectivity index (χ3v) is 6.43. The molecule has 1 aromatic carbocycles. The normalized spacial score (nSPS) is 14.4. The Balaban J connectivity index is 1.82. The molecule has 0 spiro atoms. The zero-order valence-electron chi connectivity index (χ0n) is 19.7. The Bertz CT molecular complexity index is 1230. The van der Waals surface area contributed by atoms with Crippen LogP contribution >= 0.6 is 25.3 Å². The van der Waals surface area contributed by atoms with Crippen LogP contribution in [0, 0.1) is 0 Å². The summed E-state index contributed by atoms with van der Waals surface area (Å²) >= 11 is 8.13. The zero-order valence-corrected chi connectivity index (χ0v) is 21.5. The van der Waals surface area contributed by atoms with E-state index in [9.17, 15) is 24.3 Å². The number of H-pyrrole nitrogens is 2. The van der Waals surface area contributed by atoms with Crippen molar-refractivity contribution in [1.29, 1.82) is 0 Å². The standard InChI is InChI=1S/C23H29N7O5S2/c24-15(9-36)20(31)30-19(10-37)22(33)28-17(5-12-7-26-16-4-2-1-3-14(12)16)21(32)29-18(23(34)35)6-13-8-25-11-27-13/h1-4,7-8,11,15,17-19,26,36-37H,5-6,9-10,24H2,(H,25,27)(H,28,33)(H,29,32)(H,30,31)(H,34,35). The Morgan fingerprint density at radius 1 is 0.919 bits per heavy atom. The second kappa shape index (κ2) is 13.2. The second-order valence-electron chi connectivity index (χ2n) is 8.34. The molecule has 2 heterocycles. The molecule has 0 radical (unpaired) electrons. The van der Waals surface area contributed by atoms with Crippen molar-refractivity contribution in [1.82, 2.24) is 30.9 Å². The van der Waals surface area contributed by atoms with Crippen molar-refractivity contribution in [2.24, 2.45) is 5.73 Å². The highest BCUT2D eigenvalue weighted by molar-refractivity contribution is 7.80. The number of thiol groups is 2. The molecule has 0 aliphatic heterocycles. The Kier molecular flexibility index (Phi) is 10.00. The smallest absolute Gasteiger partial charge is 0.326 e. The summed E-state index contributed by atoms with van der Waals surface area (Å²) in [6, 6.07) is 2.99. The summed E-state index contributed by atoms with van der Waals surface area (Å²) in [5, 5.41) is 18.1. The van der Waals surface area contributed by atoms with Crippen LogP contribution in [0.4, 0.5) is 0 Å². The highest BCUT2D eigenvalue weighted by atomic mass is 32.1. The Morgan fingerprint density at radius 2 is 1.59 bits per heavy atom. The van der Waals surface area contributed by atoms with Crippen molar-refractivity contribution < 1.29 is 24.3 Å². The number of rotatable bonds is 13. The van der Waals surface area contributed by atoms with Gasteiger partial charge < -0.3 is 36.8 Å². The van der Waals surface area contributed by atoms with Crippen LogP contribution in [0.15, 0.2) is 43.0 Å². The van der Waals surface area contributed by atoms with Crippen molar-refractivity contribution in [2.75, 3.05) is 11.5 Å². The lowest BCUT2D eigenvalue weighted by Gasteiger charge is -2.24. The molecule has 0 fully saturated rings. The monoisotopic (exact) mass is 547 g/mol. The number of para-hydroxylation sites is 1. The van der Waals surface area contributed by atoms with Crippen LogP contribution in [-0.4, -0.2) is 79.4 Å². The van der Waals surface area contributed by atoms with E-state index in [2.05, 4.69) is 56.2 Å². The average Bonchev–Trinajstić information content (AvgIpc) is 3.55. The Morgan fingerprint density at radius 3 is 2.24 bits per heavy atom. The predicted octanol–water partition coefficient (Wildman–Crippen LogP) is -0.598. The first-order chi connectivity index (χ1) is 17.7. The number of fused-ring (bicyclic) bond motifs is 1. The van der Waals surface area contributed by atoms with Crippen molar-refractivity contribution in [2.45, 2.75) is 37.0 Å². The van der Waals surface area contributed by atoms with Crippen molar-refractivity contribution in [3.63, 3.8) is 0 Å². The lowest BCUT2D eigenvalue weighted by atomic mass is 10.0. The molecule has 14 heteroatoms. The van der Waals surface area contributed by atoms with E-state index >= 15 is 0 Å². The van der Waals surface area contributed by atoms with E-state index in [0.717, 1.165) is 16.5 Å². The molecule has 3 aromatic rings. The van der Waals surface area contributed by atoms with E-state index in [1.807, 2.05) is 24.3 Å². The molecule has 0 saturated carbocycles. The van der Waals surface area contributed by atoms with E-state index in [4.69, 9.17) is 5.73 Å². The van der Waals surface area contributed by atoms with Crippen molar-refractivity contribution in [3.8, 4) is 0 Å². The molecule has 4 unspecified atom stereocenters. The number of aromatic nitrogens is 3. The first kappa shape index (κ1) is 28.1. The van der Waals surface area contributed by atoms with E-state index in [-0.39, 0.29) is 24.3 Å². The predicted molar refractivity (Wildman–Crippen MR) is 143 cm³/mol. The zero-order chi connectivity index (χ0) is 26.9. The van der Waals surface area contributed by atoms with Gasteiger partial charge in [-0.3, -0.25) is 14.4 Å². The van der Waals surface area contributed by atoms with Gasteiger partial charge in [-0.05, 0) is 11.6 Å². The number of carbonyl (C=O) groups is 4. The number of amides is 3. The maximum atomic E-state index is 13.3. The molecule has 0 aliphatic carbocycles. The van der Waals surface area contributed by atoms with Gasteiger partial charge in [0.05, 0.1) is 12.4 Å². The van der Waals surface area contributed by atoms with Gasteiger partial charge in [0.25, 0.3) is 0 Å². The molecular weight excluding hydrogens is 518 g/mol. The van der Waals surface area contributed by atoms with Crippen LogP contribution in [0.3, 0.4) is 0 Å². The summed E-state index contributed by atoms with van der Waals surface area (Å²) < 4.78 is 0. The topological polar surface area (TPSA) is 195 Å². The van der Waals surface area contributed by atoms with Gasteiger partial charge in [-0.25, -0.2) is 9.78 Å². The summed E-state index contributed by atoms with van der Waals surface area (Å²) in [4.78, 5) is 60.2. The minimum Gasteiger partial charge on any atom is -0.480 e. The van der Waals surface area contributed by atoms with Gasteiger partial charge in [0, 0.05) is 53.3 Å². The largest absolute Gasteiger partial charge is 0.480 e. The van der Waals surface area contributed by atoms with Crippen molar-refractivity contribution in [3.05, 3.63) is 54.2 Å². The average molecular weight is 548 g/mol. The molecule has 0 bridgehead atoms. The van der Waals surface area contributed by atoms with E-state index in [0.29, 0.717) is 5.69 Å². The highest BCUT2D eigenvalue weighted by Gasteiger charge is 2.30. The molecular formula is C23H29N7O5S2. The fraction of sp³-hybridized carbons (Fsp3) is 0.348. The fourth-order valence-corrected chi connectivity index (χ4v) is 4.07. The third kappa shape index (κ3) is 7.50. The number of nitrogens with one attached hydrogen (secondary N) is 5. The lowest BCUT2D eigenvalue weighted by Crippen LogP contribution is -2.58. The lowest BCUT2D eigenvalue weighted by molar-refractivity contribution is -0.142. The number of carbonyl (C=O) groups excluding carboxylic acids is 3. The quantitative estimate of drug-likeness (QED) is 0.127. The first-order valence-corrected chi connectivity index (χ1v) is 12.6. The molecule has 3 rings (SSSR count). The van der Waals surface area contributed by atoms with Crippen LogP contribution in [0.5, 0.6) is 0 Å². The van der Waals surface area contributed by atoms with Crippen LogP contribution in [0.25, 0.3) is 10.9 Å². The number of benzene rings is 1. The first-order valence-electron chi connectivity index (χ1n) is 11.4. The van der Waals surface area contributed by atoms with Gasteiger partial charge >= 0.3 is 5.97 Å². The number of nitrogens with zero attached hydrogens (tertiary/aromatic N) is 1. The fourth-order valence-electron chi connectivity index (χ4n) is 3.65. The minimum absolute atomic E-state index is 0.0359. The van der Waals surface area contributed by atoms with Gasteiger partial charge in [-0.15, -0.1) is 0 Å². The van der Waals surface area contributed by atoms with E-state index in [1.54, 1.807) is 6.20 Å². The minimum atomic E-state index is -1.27. The number of hydrogen-bond donors (Lipinski definition) is 9. The van der Waals surface area contributed by atoms with Crippen LogP contribution in [-0.2, 0) is 32.0 Å². The molecule has 198 valence electrons. The number of aliphatic carboxylic acids is 1. The maximum Gasteiger partial charge on any atom is 0.326 e. The van der Waals surface area contributed by atoms with Crippen LogP contribution in [0.2, 0.25) is 0 Å². The second-order valence-corrected chi connectivity index (χ2v) is 9.07. The number of carboxylic acid groups (broad SMARTS) is 1. The maximum absolute atomic E-state index is 13.3. The number of carboxylic acids is 1. The van der Waals surface area contributed by atoms with Gasteiger partial charge in [0.2, 0.25) is 17.7 Å². The molecule has 0 aliphatic rings. The van der Waals surface area contributed by atoms with E-state index < -0.39 is 47.9 Å². The van der Waals surface area contributed by atoms with Crippen LogP contribution in [0.1, 0.15) is 11.3 Å². The summed E-state index contributed by atoms with van der Waals surface area (Å²) in [7, 11) is 0. The summed E-state index contributed by atoms with van der Waals surface area (Å²) in [5.74, 6) is -3.20. The SMILES string of the molecule is NC(CS)C(=O)NC(CS)C(=O)NC(Cc1c[nH]c2ccccc12)C(=O)NC(Cc1cnc[nH]1)C(=O)O. The summed E-state index contributed by atoms with van der Waals surface area (Å²) in [6.07, 6.45) is 4.61. The number of aromatic amines is 2. The Hall–Kier alpha value is -3.49. The molecule has 12 nitrogen and oxygen atoms in total. The Labute approximate surface area is 223 Å². The molecule has 37 heavy (non-hydrogen) atoms.